The van der Waals surface area contributed by atoms with Crippen molar-refractivity contribution in [1.82, 2.24) is 14.5 Å². The van der Waals surface area contributed by atoms with Crippen LogP contribution in [0.1, 0.15) is 31.2 Å². The van der Waals surface area contributed by atoms with Crippen LogP contribution in [-0.4, -0.2) is 41.2 Å². The largest absolute Gasteiger partial charge is 0.497 e. The Hall–Kier alpha value is -3.62. The first-order valence-corrected chi connectivity index (χ1v) is 12.1. The number of methoxy groups -OCH3 is 1. The summed E-state index contributed by atoms with van der Waals surface area (Å²) in [6.45, 7) is 4.55. The van der Waals surface area contributed by atoms with E-state index in [1.807, 2.05) is 42.7 Å². The summed E-state index contributed by atoms with van der Waals surface area (Å²) in [6.07, 6.45) is 11.2. The third-order valence-corrected chi connectivity index (χ3v) is 6.78. The Balaban J connectivity index is 1.48. The number of ether oxygens (including phenoxy) is 1. The van der Waals surface area contributed by atoms with Crippen LogP contribution in [0.3, 0.4) is 0 Å². The van der Waals surface area contributed by atoms with Gasteiger partial charge in [-0.3, -0.25) is 4.98 Å². The molecule has 2 aromatic carbocycles. The molecule has 4 aromatic rings. The summed E-state index contributed by atoms with van der Waals surface area (Å²) in [6, 6.07) is 18.5. The molecule has 5 heteroatoms. The summed E-state index contributed by atoms with van der Waals surface area (Å²) in [5.74, 6) is 0.826. The number of aryl methyl sites for hydroxylation is 1. The second-order valence-electron chi connectivity index (χ2n) is 9.03. The van der Waals surface area contributed by atoms with E-state index >= 15 is 0 Å². The smallest absolute Gasteiger partial charge is 0.119 e. The minimum Gasteiger partial charge on any atom is -0.497 e. The molecule has 0 N–H and O–H groups in total. The first kappa shape index (κ1) is 22.2. The van der Waals surface area contributed by atoms with Crippen molar-refractivity contribution in [2.45, 2.75) is 32.2 Å². The third kappa shape index (κ3) is 4.69. The fourth-order valence-corrected chi connectivity index (χ4v) is 4.98. The molecule has 34 heavy (non-hydrogen) atoms. The van der Waals surface area contributed by atoms with Gasteiger partial charge in [0.15, 0.2) is 0 Å². The molecule has 0 atom stereocenters. The maximum atomic E-state index is 9.51. The van der Waals surface area contributed by atoms with Crippen LogP contribution in [0.2, 0.25) is 0 Å². The molecule has 0 spiro atoms. The highest BCUT2D eigenvalue weighted by Gasteiger charge is 2.14. The summed E-state index contributed by atoms with van der Waals surface area (Å²) in [4.78, 5) is 7.14. The molecule has 0 unspecified atom stereocenters. The van der Waals surface area contributed by atoms with E-state index < -0.39 is 0 Å². The number of hydrogen-bond acceptors (Lipinski definition) is 4. The fourth-order valence-electron chi connectivity index (χ4n) is 4.98. The van der Waals surface area contributed by atoms with Crippen molar-refractivity contribution in [3.63, 3.8) is 0 Å². The van der Waals surface area contributed by atoms with Crippen LogP contribution >= 0.6 is 0 Å². The standard InChI is InChI=1S/C29H30N4O/c1-34-26-8-5-7-23(17-26)24-16-25(20-31-19-24)28-21-33(14-6-13-32-11-3-2-4-12-32)29-10-9-22(18-30)15-27(28)29/h5,7-10,15-17,19-21H,2-4,6,11-14H2,1H3. The van der Waals surface area contributed by atoms with E-state index in [1.54, 1.807) is 7.11 Å². The lowest BCUT2D eigenvalue weighted by Crippen LogP contribution is -2.31. The van der Waals surface area contributed by atoms with E-state index in [9.17, 15) is 5.26 Å². The lowest BCUT2D eigenvalue weighted by molar-refractivity contribution is 0.223. The maximum Gasteiger partial charge on any atom is 0.119 e. The molecule has 0 bridgehead atoms. The first-order valence-electron chi connectivity index (χ1n) is 12.1. The number of nitrogens with zero attached hydrogens (tertiary/aromatic N) is 4. The maximum absolute atomic E-state index is 9.51. The van der Waals surface area contributed by atoms with Gasteiger partial charge in [0.05, 0.1) is 18.7 Å². The predicted octanol–water partition coefficient (Wildman–Crippen LogP) is 6.13. The Morgan fingerprint density at radius 3 is 2.62 bits per heavy atom. The zero-order valence-corrected chi connectivity index (χ0v) is 19.7. The normalized spacial score (nSPS) is 14.2. The topological polar surface area (TPSA) is 54.1 Å². The summed E-state index contributed by atoms with van der Waals surface area (Å²) >= 11 is 0. The van der Waals surface area contributed by atoms with Gasteiger partial charge < -0.3 is 14.2 Å². The fraction of sp³-hybridized carbons (Fsp3) is 0.310. The minimum atomic E-state index is 0.678. The Morgan fingerprint density at radius 1 is 0.941 bits per heavy atom. The van der Waals surface area contributed by atoms with Crippen LogP contribution in [-0.2, 0) is 6.54 Å². The summed E-state index contributed by atoms with van der Waals surface area (Å²) in [7, 11) is 1.68. The van der Waals surface area contributed by atoms with Gasteiger partial charge in [-0.1, -0.05) is 18.6 Å². The molecule has 1 aliphatic rings. The average Bonchev–Trinajstić information content (AvgIpc) is 3.27. The molecule has 1 fully saturated rings. The van der Waals surface area contributed by atoms with Crippen LogP contribution in [0.4, 0.5) is 0 Å². The van der Waals surface area contributed by atoms with Gasteiger partial charge in [0.25, 0.3) is 0 Å². The van der Waals surface area contributed by atoms with E-state index in [4.69, 9.17) is 4.74 Å². The van der Waals surface area contributed by atoms with Crippen molar-refractivity contribution in [1.29, 1.82) is 5.26 Å². The van der Waals surface area contributed by atoms with Crippen molar-refractivity contribution >= 4 is 10.9 Å². The van der Waals surface area contributed by atoms with Gasteiger partial charge in [0.2, 0.25) is 0 Å². The molecule has 0 radical (unpaired) electrons. The van der Waals surface area contributed by atoms with Crippen molar-refractivity contribution < 1.29 is 4.74 Å². The molecule has 172 valence electrons. The molecule has 0 amide bonds. The second-order valence-corrected chi connectivity index (χ2v) is 9.03. The van der Waals surface area contributed by atoms with Gasteiger partial charge in [-0.15, -0.1) is 0 Å². The van der Waals surface area contributed by atoms with E-state index in [0.29, 0.717) is 5.56 Å². The second kappa shape index (κ2) is 10.1. The molecule has 3 heterocycles. The van der Waals surface area contributed by atoms with Gasteiger partial charge >= 0.3 is 0 Å². The van der Waals surface area contributed by atoms with Gasteiger partial charge in [0, 0.05) is 52.7 Å². The summed E-state index contributed by atoms with van der Waals surface area (Å²) in [5.41, 5.74) is 6.11. The molecular formula is C29H30N4O. The van der Waals surface area contributed by atoms with Gasteiger partial charge in [0.1, 0.15) is 5.75 Å². The molecule has 0 aliphatic carbocycles. The highest BCUT2D eigenvalue weighted by Crippen LogP contribution is 2.34. The zero-order chi connectivity index (χ0) is 23.3. The van der Waals surface area contributed by atoms with Crippen LogP contribution < -0.4 is 4.74 Å². The number of hydrogen-bond donors (Lipinski definition) is 0. The van der Waals surface area contributed by atoms with Crippen molar-refractivity contribution in [2.75, 3.05) is 26.7 Å². The van der Waals surface area contributed by atoms with Crippen LogP contribution in [0.15, 0.2) is 67.1 Å². The molecule has 0 saturated carbocycles. The van der Waals surface area contributed by atoms with E-state index in [-0.39, 0.29) is 0 Å². The number of benzene rings is 2. The Kier molecular flexibility index (Phi) is 6.60. The number of pyridine rings is 1. The van der Waals surface area contributed by atoms with Gasteiger partial charge in [-0.2, -0.15) is 5.26 Å². The lowest BCUT2D eigenvalue weighted by Gasteiger charge is -2.26. The first-order chi connectivity index (χ1) is 16.7. The molecule has 1 saturated heterocycles. The summed E-state index contributed by atoms with van der Waals surface area (Å²) in [5, 5.41) is 10.6. The average molecular weight is 451 g/mol. The number of nitriles is 1. The van der Waals surface area contributed by atoms with E-state index in [2.05, 4.69) is 44.9 Å². The molecule has 1 aliphatic heterocycles. The molecule has 2 aromatic heterocycles. The predicted molar refractivity (Wildman–Crippen MR) is 137 cm³/mol. The Labute approximate surface area is 201 Å². The number of piperidine rings is 1. The van der Waals surface area contributed by atoms with Gasteiger partial charge in [-0.05, 0) is 80.9 Å². The van der Waals surface area contributed by atoms with Crippen molar-refractivity contribution in [3.8, 4) is 34.1 Å². The molecular weight excluding hydrogens is 420 g/mol. The molecule has 5 rings (SSSR count). The number of likely N-dealkylation sites (tertiary alicyclic amines) is 1. The molecule has 5 nitrogen and oxygen atoms in total. The number of aromatic nitrogens is 2. The number of fused-ring (bicyclic) bond motifs is 1. The van der Waals surface area contributed by atoms with Crippen molar-refractivity contribution in [3.05, 3.63) is 72.7 Å². The van der Waals surface area contributed by atoms with E-state index in [0.717, 1.165) is 52.9 Å². The number of rotatable bonds is 7. The monoisotopic (exact) mass is 450 g/mol. The van der Waals surface area contributed by atoms with Crippen LogP contribution in [0.5, 0.6) is 5.75 Å². The third-order valence-electron chi connectivity index (χ3n) is 6.78. The highest BCUT2D eigenvalue weighted by molar-refractivity contribution is 5.97. The highest BCUT2D eigenvalue weighted by atomic mass is 16.5. The minimum absolute atomic E-state index is 0.678. The lowest BCUT2D eigenvalue weighted by atomic mass is 10.0. The summed E-state index contributed by atoms with van der Waals surface area (Å²) < 4.78 is 7.74. The van der Waals surface area contributed by atoms with Gasteiger partial charge in [-0.25, -0.2) is 0 Å². The Morgan fingerprint density at radius 2 is 1.79 bits per heavy atom. The quantitative estimate of drug-likeness (QED) is 0.340. The Bertz CT molecular complexity index is 1330. The SMILES string of the molecule is COc1cccc(-c2cncc(-c3cn(CCCN4CCCCC4)c4ccc(C#N)cc34)c2)c1. The van der Waals surface area contributed by atoms with Crippen LogP contribution in [0.25, 0.3) is 33.2 Å². The van der Waals surface area contributed by atoms with Crippen LogP contribution in [0, 0.1) is 11.3 Å². The van der Waals surface area contributed by atoms with E-state index in [1.165, 1.54) is 37.9 Å². The van der Waals surface area contributed by atoms with Crippen molar-refractivity contribution in [2.24, 2.45) is 0 Å². The zero-order valence-electron chi connectivity index (χ0n) is 19.7.